The molecule has 0 radical (unpaired) electrons. The molecule has 21 heavy (non-hydrogen) atoms. The summed E-state index contributed by atoms with van der Waals surface area (Å²) in [7, 11) is 0.0692. The monoisotopic (exact) mass is 320 g/mol. The zero-order valence-corrected chi connectivity index (χ0v) is 13.5. The maximum atomic E-state index is 12.6. The van der Waals surface area contributed by atoms with Gasteiger partial charge in [-0.2, -0.15) is 17.0 Å². The Morgan fingerprint density at radius 2 is 1.43 bits per heavy atom. The quantitative estimate of drug-likeness (QED) is 0.615. The van der Waals surface area contributed by atoms with Crippen LogP contribution in [0.25, 0.3) is 0 Å². The molecule has 2 aliphatic rings. The summed E-state index contributed by atoms with van der Waals surface area (Å²) in [6.45, 7) is 4.17. The van der Waals surface area contributed by atoms with Crippen LogP contribution in [0.1, 0.15) is 0 Å². The van der Waals surface area contributed by atoms with E-state index in [1.807, 2.05) is 7.05 Å². The van der Waals surface area contributed by atoms with Gasteiger partial charge < -0.3 is 14.5 Å². The molecule has 0 saturated carbocycles. The molecule has 0 bridgehead atoms. The van der Waals surface area contributed by atoms with E-state index >= 15 is 0 Å². The molecule has 9 heteroatoms. The fraction of sp³-hybridized carbons (Fsp3) is 0.917. The van der Waals surface area contributed by atoms with Gasteiger partial charge in [-0.1, -0.05) is 0 Å². The molecule has 1 amide bonds. The van der Waals surface area contributed by atoms with Crippen molar-refractivity contribution in [3.05, 3.63) is 0 Å². The van der Waals surface area contributed by atoms with Crippen LogP contribution in [-0.2, 0) is 19.7 Å². The molecule has 2 rings (SSSR count). The molecule has 2 saturated heterocycles. The van der Waals surface area contributed by atoms with Crippen LogP contribution in [0.4, 0.5) is 0 Å². The minimum absolute atomic E-state index is 0.0468. The van der Waals surface area contributed by atoms with E-state index in [1.54, 1.807) is 9.21 Å². The van der Waals surface area contributed by atoms with Crippen LogP contribution in [0, 0.1) is 0 Å². The van der Waals surface area contributed by atoms with Crippen molar-refractivity contribution >= 4 is 16.1 Å². The smallest absolute Gasteiger partial charge is 0.282 e. The highest BCUT2D eigenvalue weighted by molar-refractivity contribution is 7.86. The third-order valence-corrected chi connectivity index (χ3v) is 6.01. The minimum Gasteiger partial charge on any atom is -0.375 e. The number of methoxy groups -OCH3 is 1. The van der Waals surface area contributed by atoms with Crippen molar-refractivity contribution in [3.8, 4) is 0 Å². The summed E-state index contributed by atoms with van der Waals surface area (Å²) in [6.07, 6.45) is 0. The third-order valence-electron chi connectivity index (χ3n) is 3.97. The molecule has 0 atom stereocenters. The van der Waals surface area contributed by atoms with Crippen LogP contribution in [0.5, 0.6) is 0 Å². The summed E-state index contributed by atoms with van der Waals surface area (Å²) in [4.78, 5) is 15.5. The van der Waals surface area contributed by atoms with Crippen LogP contribution in [-0.4, -0.2) is 106 Å². The van der Waals surface area contributed by atoms with Gasteiger partial charge in [-0.15, -0.1) is 0 Å². The van der Waals surface area contributed by atoms with Crippen LogP contribution >= 0.6 is 0 Å². The first-order valence-corrected chi connectivity index (χ1v) is 8.55. The lowest BCUT2D eigenvalue weighted by Gasteiger charge is -2.39. The van der Waals surface area contributed by atoms with Gasteiger partial charge in [-0.05, 0) is 7.05 Å². The van der Waals surface area contributed by atoms with Gasteiger partial charge in [0.25, 0.3) is 10.2 Å². The molecule has 0 unspecified atom stereocenters. The van der Waals surface area contributed by atoms with E-state index < -0.39 is 10.2 Å². The summed E-state index contributed by atoms with van der Waals surface area (Å²) in [5.41, 5.74) is 0. The lowest BCUT2D eigenvalue weighted by Crippen LogP contribution is -2.57. The summed E-state index contributed by atoms with van der Waals surface area (Å²) in [5, 5.41) is 0. The van der Waals surface area contributed by atoms with Gasteiger partial charge in [0, 0.05) is 59.5 Å². The Kier molecular flexibility index (Phi) is 5.55. The molecule has 2 aliphatic heterocycles. The van der Waals surface area contributed by atoms with E-state index in [9.17, 15) is 13.2 Å². The molecule has 0 N–H and O–H groups in total. The van der Waals surface area contributed by atoms with Crippen molar-refractivity contribution in [3.63, 3.8) is 0 Å². The molecule has 122 valence electrons. The van der Waals surface area contributed by atoms with E-state index in [0.717, 1.165) is 13.1 Å². The Hall–Kier alpha value is -0.740. The number of hydrogen-bond donors (Lipinski definition) is 0. The average Bonchev–Trinajstić information content (AvgIpc) is 2.48. The molecule has 8 nitrogen and oxygen atoms in total. The Morgan fingerprint density at radius 3 is 1.90 bits per heavy atom. The Balaban J connectivity index is 1.90. The van der Waals surface area contributed by atoms with Crippen LogP contribution in [0.3, 0.4) is 0 Å². The van der Waals surface area contributed by atoms with Crippen molar-refractivity contribution in [2.24, 2.45) is 0 Å². The molecule has 0 aromatic heterocycles. The lowest BCUT2D eigenvalue weighted by molar-refractivity contribution is -0.136. The summed E-state index contributed by atoms with van der Waals surface area (Å²) >= 11 is 0. The van der Waals surface area contributed by atoms with Gasteiger partial charge >= 0.3 is 0 Å². The maximum Gasteiger partial charge on any atom is 0.282 e. The van der Waals surface area contributed by atoms with E-state index in [4.69, 9.17) is 4.74 Å². The Labute approximate surface area is 126 Å². The fourth-order valence-electron chi connectivity index (χ4n) is 2.57. The number of likely N-dealkylation sites (N-methyl/N-ethyl adjacent to an activating group) is 1. The number of ether oxygens (including phenoxy) is 1. The summed E-state index contributed by atoms with van der Waals surface area (Å²) in [5.74, 6) is -0.0888. The topological polar surface area (TPSA) is 73.4 Å². The molecular formula is C12H24N4O4S. The first kappa shape index (κ1) is 16.6. The number of hydrogen-bond acceptors (Lipinski definition) is 5. The second kappa shape index (κ2) is 7.01. The van der Waals surface area contributed by atoms with E-state index in [-0.39, 0.29) is 12.5 Å². The normalized spacial score (nSPS) is 23.4. The highest BCUT2D eigenvalue weighted by Crippen LogP contribution is 2.14. The van der Waals surface area contributed by atoms with Gasteiger partial charge in [0.15, 0.2) is 0 Å². The van der Waals surface area contributed by atoms with E-state index in [2.05, 4.69) is 4.90 Å². The highest BCUT2D eigenvalue weighted by Gasteiger charge is 2.34. The molecule has 0 aromatic rings. The number of piperazine rings is 2. The average molecular weight is 320 g/mol. The van der Waals surface area contributed by atoms with Crippen LogP contribution in [0.15, 0.2) is 0 Å². The fourth-order valence-corrected chi connectivity index (χ4v) is 4.14. The van der Waals surface area contributed by atoms with Crippen molar-refractivity contribution in [1.29, 1.82) is 0 Å². The molecule has 0 spiro atoms. The van der Waals surface area contributed by atoms with Gasteiger partial charge in [0.2, 0.25) is 5.91 Å². The maximum absolute atomic E-state index is 12.6. The van der Waals surface area contributed by atoms with E-state index in [0.29, 0.717) is 39.3 Å². The van der Waals surface area contributed by atoms with Crippen LogP contribution < -0.4 is 0 Å². The first-order valence-electron chi connectivity index (χ1n) is 7.15. The Morgan fingerprint density at radius 1 is 0.952 bits per heavy atom. The van der Waals surface area contributed by atoms with Crippen LogP contribution in [0.2, 0.25) is 0 Å². The SMILES string of the molecule is COCC(=O)N1CCN(S(=O)(=O)N2CCN(C)CC2)CC1. The van der Waals surface area contributed by atoms with Gasteiger partial charge in [-0.3, -0.25) is 4.79 Å². The number of carbonyl (C=O) groups excluding carboxylic acids is 1. The second-order valence-electron chi connectivity index (χ2n) is 5.42. The molecule has 2 fully saturated rings. The number of carbonyl (C=O) groups is 1. The van der Waals surface area contributed by atoms with Gasteiger partial charge in [-0.25, -0.2) is 0 Å². The van der Waals surface area contributed by atoms with Crippen molar-refractivity contribution in [2.75, 3.05) is 73.1 Å². The minimum atomic E-state index is -3.40. The van der Waals surface area contributed by atoms with Crippen molar-refractivity contribution in [1.82, 2.24) is 18.4 Å². The van der Waals surface area contributed by atoms with Gasteiger partial charge in [0.05, 0.1) is 0 Å². The summed E-state index contributed by atoms with van der Waals surface area (Å²) in [6, 6.07) is 0. The third kappa shape index (κ3) is 3.92. The zero-order valence-electron chi connectivity index (χ0n) is 12.7. The highest BCUT2D eigenvalue weighted by atomic mass is 32.2. The molecular weight excluding hydrogens is 296 g/mol. The predicted molar refractivity (Wildman–Crippen MR) is 78.0 cm³/mol. The van der Waals surface area contributed by atoms with Gasteiger partial charge in [0.1, 0.15) is 6.61 Å². The second-order valence-corrected chi connectivity index (χ2v) is 7.35. The summed E-state index contributed by atoms with van der Waals surface area (Å²) < 4.78 is 33.0. The largest absolute Gasteiger partial charge is 0.375 e. The first-order chi connectivity index (χ1) is 9.95. The number of nitrogens with zero attached hydrogens (tertiary/aromatic N) is 4. The Bertz CT molecular complexity index is 454. The zero-order chi connectivity index (χ0) is 15.5. The molecule has 2 heterocycles. The standard InChI is InChI=1S/C12H24N4O4S/c1-13-3-7-15(8-4-13)21(18,19)16-9-5-14(6-10-16)12(17)11-20-2/h3-11H2,1-2H3. The van der Waals surface area contributed by atoms with E-state index in [1.165, 1.54) is 11.4 Å². The molecule has 0 aliphatic carbocycles. The number of rotatable bonds is 4. The lowest BCUT2D eigenvalue weighted by atomic mass is 10.3. The number of amides is 1. The predicted octanol–water partition coefficient (Wildman–Crippen LogP) is -1.73. The van der Waals surface area contributed by atoms with Crippen molar-refractivity contribution < 1.29 is 17.9 Å². The molecule has 0 aromatic carbocycles. The van der Waals surface area contributed by atoms with Crippen molar-refractivity contribution in [2.45, 2.75) is 0 Å².